The number of nitrogens with one attached hydrogen (secondary N) is 1. The highest BCUT2D eigenvalue weighted by Gasteiger charge is 2.08. The van der Waals surface area contributed by atoms with Crippen LogP contribution in [0.2, 0.25) is 0 Å². The van der Waals surface area contributed by atoms with E-state index in [2.05, 4.69) is 23.8 Å². The Kier molecular flexibility index (Phi) is 3.03. The number of hydrogen-bond donors (Lipinski definition) is 2. The molecule has 0 spiro atoms. The maximum atomic E-state index is 5.71. The van der Waals surface area contributed by atoms with E-state index in [9.17, 15) is 0 Å². The van der Waals surface area contributed by atoms with Crippen LogP contribution in [0.15, 0.2) is 5.03 Å². The number of nitrogen functional groups attached to an aromatic ring is 1. The van der Waals surface area contributed by atoms with Crippen molar-refractivity contribution >= 4 is 17.6 Å². The molecule has 1 unspecified atom stereocenters. The molecule has 4 heteroatoms. The number of nitrogens with two attached hydrogens (primary N) is 1. The summed E-state index contributed by atoms with van der Waals surface area (Å²) in [5.74, 6) is 1.58. The van der Waals surface area contributed by atoms with Crippen LogP contribution < -0.4 is 5.73 Å². The third kappa shape index (κ3) is 2.17. The van der Waals surface area contributed by atoms with Crippen LogP contribution in [0.3, 0.4) is 0 Å². The van der Waals surface area contributed by atoms with Gasteiger partial charge < -0.3 is 10.7 Å². The molecule has 0 aromatic carbocycles. The Morgan fingerprint density at radius 1 is 1.67 bits per heavy atom. The molecular weight excluding hydrogens is 170 g/mol. The lowest BCUT2D eigenvalue weighted by Gasteiger charge is -2.04. The first-order valence-electron chi connectivity index (χ1n) is 4.12. The van der Waals surface area contributed by atoms with Gasteiger partial charge in [-0.1, -0.05) is 25.6 Å². The molecule has 1 atom stereocenters. The number of aromatic nitrogens is 2. The highest BCUT2D eigenvalue weighted by Crippen LogP contribution is 2.27. The molecule has 3 N–H and O–H groups in total. The van der Waals surface area contributed by atoms with Crippen molar-refractivity contribution < 1.29 is 0 Å². The molecule has 0 aliphatic heterocycles. The highest BCUT2D eigenvalue weighted by molar-refractivity contribution is 8.00. The van der Waals surface area contributed by atoms with Gasteiger partial charge in [-0.3, -0.25) is 0 Å². The van der Waals surface area contributed by atoms with Gasteiger partial charge in [-0.15, -0.1) is 0 Å². The number of aryl methyl sites for hydroxylation is 1. The minimum absolute atomic E-state index is 0.579. The summed E-state index contributed by atoms with van der Waals surface area (Å²) in [6.07, 6.45) is 1.13. The molecule has 1 heterocycles. The first-order valence-corrected chi connectivity index (χ1v) is 5.00. The Hall–Kier alpha value is -0.640. The van der Waals surface area contributed by atoms with Crippen LogP contribution >= 0.6 is 11.8 Å². The standard InChI is InChI=1S/C8H15N3S/c1-4-5(2)12-8-7(9)10-6(3)11-8/h5H,4,9H2,1-3H3,(H,10,11). The number of rotatable bonds is 3. The van der Waals surface area contributed by atoms with Gasteiger partial charge in [0.1, 0.15) is 16.7 Å². The number of thioether (sulfide) groups is 1. The zero-order valence-corrected chi connectivity index (χ0v) is 8.53. The van der Waals surface area contributed by atoms with Gasteiger partial charge >= 0.3 is 0 Å². The molecule has 0 fully saturated rings. The summed E-state index contributed by atoms with van der Waals surface area (Å²) in [6.45, 7) is 6.25. The fourth-order valence-electron chi connectivity index (χ4n) is 0.853. The van der Waals surface area contributed by atoms with E-state index in [1.165, 1.54) is 0 Å². The van der Waals surface area contributed by atoms with Gasteiger partial charge in [0.25, 0.3) is 0 Å². The normalized spacial score (nSPS) is 13.2. The minimum Gasteiger partial charge on any atom is -0.383 e. The predicted molar refractivity (Wildman–Crippen MR) is 53.3 cm³/mol. The van der Waals surface area contributed by atoms with Crippen molar-refractivity contribution in [1.29, 1.82) is 0 Å². The van der Waals surface area contributed by atoms with Crippen LogP contribution in [0.1, 0.15) is 26.1 Å². The third-order valence-corrected chi connectivity index (χ3v) is 2.97. The van der Waals surface area contributed by atoms with E-state index in [0.29, 0.717) is 11.1 Å². The summed E-state index contributed by atoms with van der Waals surface area (Å²) >= 11 is 1.72. The van der Waals surface area contributed by atoms with E-state index >= 15 is 0 Å². The summed E-state index contributed by atoms with van der Waals surface area (Å²) in [6, 6.07) is 0. The lowest BCUT2D eigenvalue weighted by Crippen LogP contribution is -1.94. The largest absolute Gasteiger partial charge is 0.383 e. The molecule has 0 aliphatic rings. The Labute approximate surface area is 77.1 Å². The van der Waals surface area contributed by atoms with Crippen molar-refractivity contribution in [3.8, 4) is 0 Å². The van der Waals surface area contributed by atoms with E-state index in [0.717, 1.165) is 17.3 Å². The van der Waals surface area contributed by atoms with Gasteiger partial charge in [-0.05, 0) is 13.3 Å². The van der Waals surface area contributed by atoms with E-state index in [4.69, 9.17) is 5.73 Å². The molecular formula is C8H15N3S. The molecule has 0 radical (unpaired) electrons. The summed E-state index contributed by atoms with van der Waals surface area (Å²) in [4.78, 5) is 7.26. The van der Waals surface area contributed by atoms with Crippen molar-refractivity contribution in [2.75, 3.05) is 5.73 Å². The van der Waals surface area contributed by atoms with Gasteiger partial charge in [-0.2, -0.15) is 0 Å². The van der Waals surface area contributed by atoms with E-state index in [1.54, 1.807) is 11.8 Å². The summed E-state index contributed by atoms with van der Waals surface area (Å²) < 4.78 is 0. The molecule has 1 aromatic heterocycles. The summed E-state index contributed by atoms with van der Waals surface area (Å²) in [7, 11) is 0. The first-order chi connectivity index (χ1) is 5.63. The predicted octanol–water partition coefficient (Wildman–Crippen LogP) is 2.19. The second-order valence-electron chi connectivity index (χ2n) is 2.88. The minimum atomic E-state index is 0.579. The van der Waals surface area contributed by atoms with Gasteiger partial charge in [-0.25, -0.2) is 4.98 Å². The van der Waals surface area contributed by atoms with Gasteiger partial charge in [0.05, 0.1) is 0 Å². The monoisotopic (exact) mass is 185 g/mol. The van der Waals surface area contributed by atoms with E-state index in [-0.39, 0.29) is 0 Å². The fraction of sp³-hybridized carbons (Fsp3) is 0.625. The molecule has 1 rings (SSSR count). The van der Waals surface area contributed by atoms with Crippen LogP contribution in [-0.4, -0.2) is 15.2 Å². The second kappa shape index (κ2) is 3.85. The average molecular weight is 185 g/mol. The van der Waals surface area contributed by atoms with Crippen molar-refractivity contribution in [2.24, 2.45) is 0 Å². The van der Waals surface area contributed by atoms with Crippen molar-refractivity contribution in [2.45, 2.75) is 37.5 Å². The van der Waals surface area contributed by atoms with Crippen molar-refractivity contribution in [3.63, 3.8) is 0 Å². The Bertz CT molecular complexity index is 257. The van der Waals surface area contributed by atoms with Crippen molar-refractivity contribution in [1.82, 2.24) is 9.97 Å². The van der Waals surface area contributed by atoms with Crippen LogP contribution in [0.5, 0.6) is 0 Å². The Morgan fingerprint density at radius 3 is 2.75 bits per heavy atom. The highest BCUT2D eigenvalue weighted by atomic mass is 32.2. The number of nitrogens with zero attached hydrogens (tertiary/aromatic N) is 1. The van der Waals surface area contributed by atoms with Gasteiger partial charge in [0, 0.05) is 5.25 Å². The van der Waals surface area contributed by atoms with Crippen molar-refractivity contribution in [3.05, 3.63) is 5.82 Å². The number of imidazole rings is 1. The Balaban J connectivity index is 2.68. The number of aromatic amines is 1. The number of H-pyrrole nitrogens is 1. The molecule has 68 valence electrons. The maximum Gasteiger partial charge on any atom is 0.139 e. The SMILES string of the molecule is CCC(C)Sc1nc(C)[nH]c1N. The third-order valence-electron chi connectivity index (χ3n) is 1.70. The van der Waals surface area contributed by atoms with E-state index in [1.807, 2.05) is 6.92 Å². The lowest BCUT2D eigenvalue weighted by molar-refractivity contribution is 0.902. The quantitative estimate of drug-likeness (QED) is 0.710. The first kappa shape index (κ1) is 9.45. The zero-order chi connectivity index (χ0) is 9.14. The van der Waals surface area contributed by atoms with Crippen LogP contribution in [0.25, 0.3) is 0 Å². The van der Waals surface area contributed by atoms with E-state index < -0.39 is 0 Å². The van der Waals surface area contributed by atoms with Crippen LogP contribution in [0, 0.1) is 6.92 Å². The summed E-state index contributed by atoms with van der Waals surface area (Å²) in [5.41, 5.74) is 5.71. The Morgan fingerprint density at radius 2 is 2.33 bits per heavy atom. The van der Waals surface area contributed by atoms with Crippen LogP contribution in [-0.2, 0) is 0 Å². The second-order valence-corrected chi connectivity index (χ2v) is 4.30. The van der Waals surface area contributed by atoms with Crippen LogP contribution in [0.4, 0.5) is 5.82 Å². The molecule has 0 bridgehead atoms. The summed E-state index contributed by atoms with van der Waals surface area (Å²) in [5, 5.41) is 1.51. The number of hydrogen-bond acceptors (Lipinski definition) is 3. The average Bonchev–Trinajstić information content (AvgIpc) is 2.30. The zero-order valence-electron chi connectivity index (χ0n) is 7.72. The van der Waals surface area contributed by atoms with Gasteiger partial charge in [0.15, 0.2) is 0 Å². The molecule has 12 heavy (non-hydrogen) atoms. The topological polar surface area (TPSA) is 54.7 Å². The number of anilines is 1. The lowest BCUT2D eigenvalue weighted by atomic mass is 10.4. The molecule has 3 nitrogen and oxygen atoms in total. The maximum absolute atomic E-state index is 5.71. The molecule has 0 aliphatic carbocycles. The molecule has 0 saturated heterocycles. The smallest absolute Gasteiger partial charge is 0.139 e. The van der Waals surface area contributed by atoms with Gasteiger partial charge in [0.2, 0.25) is 0 Å². The fourth-order valence-corrected chi connectivity index (χ4v) is 1.77. The molecule has 0 amide bonds. The molecule has 1 aromatic rings. The molecule has 0 saturated carbocycles.